The first-order chi connectivity index (χ1) is 15.0. The average molecular weight is 428 g/mol. The number of nitrogens with two attached hydrogens (primary N) is 1. The fourth-order valence-corrected chi connectivity index (χ4v) is 5.85. The molecule has 1 aromatic carbocycles. The smallest absolute Gasteiger partial charge is 0.224 e. The minimum atomic E-state index is -0.479. The Morgan fingerprint density at radius 2 is 1.81 bits per heavy atom. The van der Waals surface area contributed by atoms with Gasteiger partial charge in [-0.3, -0.25) is 9.59 Å². The first-order valence-electron chi connectivity index (χ1n) is 11.9. The van der Waals surface area contributed by atoms with Crippen LogP contribution in [-0.2, 0) is 20.7 Å². The van der Waals surface area contributed by atoms with Crippen LogP contribution in [0.25, 0.3) is 0 Å². The Balaban J connectivity index is 1.49. The molecule has 0 spiro atoms. The van der Waals surface area contributed by atoms with Crippen molar-refractivity contribution in [2.75, 3.05) is 39.4 Å². The van der Waals surface area contributed by atoms with E-state index in [-0.39, 0.29) is 11.8 Å². The SMILES string of the molecule is CC(=O)N1CCC[C@@H](c2ccccc2CC2(C(N)=O)CCN(C3CCOCC3)CC2)C1. The molecule has 3 saturated heterocycles. The van der Waals surface area contributed by atoms with Gasteiger partial charge in [0.25, 0.3) is 0 Å². The summed E-state index contributed by atoms with van der Waals surface area (Å²) in [5, 5.41) is 0. The fraction of sp³-hybridized carbons (Fsp3) is 0.680. The lowest BCUT2D eigenvalue weighted by atomic mass is 9.71. The first kappa shape index (κ1) is 22.3. The zero-order valence-electron chi connectivity index (χ0n) is 18.9. The molecule has 170 valence electrons. The first-order valence-corrected chi connectivity index (χ1v) is 11.9. The highest BCUT2D eigenvalue weighted by atomic mass is 16.5. The van der Waals surface area contributed by atoms with E-state index in [0.29, 0.717) is 18.4 Å². The molecular formula is C25H37N3O3. The minimum Gasteiger partial charge on any atom is -0.381 e. The van der Waals surface area contributed by atoms with Crippen molar-refractivity contribution in [2.45, 2.75) is 63.8 Å². The molecular weight excluding hydrogens is 390 g/mol. The molecule has 1 aromatic rings. The third-order valence-electron chi connectivity index (χ3n) is 7.88. The number of hydrogen-bond acceptors (Lipinski definition) is 4. The molecule has 0 unspecified atom stereocenters. The molecule has 2 amide bonds. The zero-order valence-corrected chi connectivity index (χ0v) is 18.9. The highest BCUT2D eigenvalue weighted by Gasteiger charge is 2.42. The van der Waals surface area contributed by atoms with E-state index in [1.807, 2.05) is 4.90 Å². The van der Waals surface area contributed by atoms with Crippen LogP contribution in [0.3, 0.4) is 0 Å². The molecule has 3 heterocycles. The van der Waals surface area contributed by atoms with Crippen LogP contribution in [0.15, 0.2) is 24.3 Å². The number of carbonyl (C=O) groups excluding carboxylic acids is 2. The van der Waals surface area contributed by atoms with Gasteiger partial charge >= 0.3 is 0 Å². The van der Waals surface area contributed by atoms with Gasteiger partial charge in [0.2, 0.25) is 11.8 Å². The molecule has 0 aliphatic carbocycles. The molecule has 2 N–H and O–H groups in total. The summed E-state index contributed by atoms with van der Waals surface area (Å²) >= 11 is 0. The van der Waals surface area contributed by atoms with Gasteiger partial charge in [0, 0.05) is 45.2 Å². The molecule has 6 heteroatoms. The average Bonchev–Trinajstić information content (AvgIpc) is 2.80. The number of ether oxygens (including phenoxy) is 1. The summed E-state index contributed by atoms with van der Waals surface area (Å²) in [6.45, 7) is 6.81. The van der Waals surface area contributed by atoms with Crippen LogP contribution < -0.4 is 5.73 Å². The van der Waals surface area contributed by atoms with Gasteiger partial charge in [-0.1, -0.05) is 24.3 Å². The topological polar surface area (TPSA) is 75.9 Å². The number of benzene rings is 1. The van der Waals surface area contributed by atoms with Crippen molar-refractivity contribution in [2.24, 2.45) is 11.1 Å². The van der Waals surface area contributed by atoms with Crippen molar-refractivity contribution < 1.29 is 14.3 Å². The van der Waals surface area contributed by atoms with Crippen molar-refractivity contribution >= 4 is 11.8 Å². The third kappa shape index (κ3) is 4.96. The Morgan fingerprint density at radius 1 is 1.10 bits per heavy atom. The lowest BCUT2D eigenvalue weighted by Gasteiger charge is -2.44. The Morgan fingerprint density at radius 3 is 2.48 bits per heavy atom. The predicted molar refractivity (Wildman–Crippen MR) is 121 cm³/mol. The van der Waals surface area contributed by atoms with Gasteiger partial charge in [-0.05, 0) is 69.2 Å². The van der Waals surface area contributed by atoms with E-state index in [0.717, 1.165) is 77.9 Å². The van der Waals surface area contributed by atoms with E-state index < -0.39 is 5.41 Å². The van der Waals surface area contributed by atoms with Crippen molar-refractivity contribution in [1.29, 1.82) is 0 Å². The molecule has 0 saturated carbocycles. The molecule has 6 nitrogen and oxygen atoms in total. The van der Waals surface area contributed by atoms with E-state index >= 15 is 0 Å². The lowest BCUT2D eigenvalue weighted by molar-refractivity contribution is -0.131. The highest BCUT2D eigenvalue weighted by molar-refractivity contribution is 5.81. The molecule has 3 aliphatic heterocycles. The van der Waals surface area contributed by atoms with Gasteiger partial charge in [-0.15, -0.1) is 0 Å². The molecule has 1 atom stereocenters. The molecule has 3 aliphatic rings. The van der Waals surface area contributed by atoms with Gasteiger partial charge in [0.05, 0.1) is 5.41 Å². The monoisotopic (exact) mass is 427 g/mol. The summed E-state index contributed by atoms with van der Waals surface area (Å²) in [6.07, 6.45) is 6.62. The summed E-state index contributed by atoms with van der Waals surface area (Å²) < 4.78 is 5.52. The van der Waals surface area contributed by atoms with Crippen molar-refractivity contribution in [3.63, 3.8) is 0 Å². The fourth-order valence-electron chi connectivity index (χ4n) is 5.85. The Labute approximate surface area is 186 Å². The van der Waals surface area contributed by atoms with Crippen LogP contribution in [-0.4, -0.2) is 67.0 Å². The third-order valence-corrected chi connectivity index (χ3v) is 7.88. The zero-order chi connectivity index (χ0) is 21.8. The van der Waals surface area contributed by atoms with E-state index in [1.165, 1.54) is 11.1 Å². The molecule has 0 radical (unpaired) electrons. The predicted octanol–water partition coefficient (Wildman–Crippen LogP) is 2.70. The second-order valence-corrected chi connectivity index (χ2v) is 9.70. The molecule has 3 fully saturated rings. The number of nitrogens with zero attached hydrogens (tertiary/aromatic N) is 2. The number of hydrogen-bond donors (Lipinski definition) is 1. The number of carbonyl (C=O) groups is 2. The van der Waals surface area contributed by atoms with Crippen LogP contribution in [0.5, 0.6) is 0 Å². The molecule has 4 rings (SSSR count). The molecule has 0 bridgehead atoms. The van der Waals surface area contributed by atoms with Crippen LogP contribution in [0.1, 0.15) is 62.5 Å². The number of piperidine rings is 2. The number of primary amides is 1. The summed E-state index contributed by atoms with van der Waals surface area (Å²) in [6, 6.07) is 9.08. The Hall–Kier alpha value is -1.92. The van der Waals surface area contributed by atoms with Gasteiger partial charge in [0.15, 0.2) is 0 Å². The van der Waals surface area contributed by atoms with Gasteiger partial charge in [-0.2, -0.15) is 0 Å². The minimum absolute atomic E-state index is 0.149. The van der Waals surface area contributed by atoms with Crippen LogP contribution in [0.2, 0.25) is 0 Å². The van der Waals surface area contributed by atoms with Crippen molar-refractivity contribution in [1.82, 2.24) is 9.80 Å². The van der Waals surface area contributed by atoms with E-state index in [9.17, 15) is 9.59 Å². The maximum atomic E-state index is 12.7. The van der Waals surface area contributed by atoms with Gasteiger partial charge < -0.3 is 20.3 Å². The van der Waals surface area contributed by atoms with E-state index in [4.69, 9.17) is 10.5 Å². The van der Waals surface area contributed by atoms with Crippen molar-refractivity contribution in [3.8, 4) is 0 Å². The number of rotatable bonds is 5. The standard InChI is InChI=1S/C25H37N3O3/c1-19(29)28-12-4-6-21(18-28)23-7-3-2-5-20(23)17-25(24(26)30)10-13-27(14-11-25)22-8-15-31-16-9-22/h2-3,5,7,21-22H,4,6,8-18H2,1H3,(H2,26,30)/t21-/m1/s1. The summed E-state index contributed by atoms with van der Waals surface area (Å²) in [5.74, 6) is 0.320. The Kier molecular flexibility index (Phi) is 6.97. The van der Waals surface area contributed by atoms with E-state index in [1.54, 1.807) is 6.92 Å². The van der Waals surface area contributed by atoms with Gasteiger partial charge in [-0.25, -0.2) is 0 Å². The van der Waals surface area contributed by atoms with Crippen molar-refractivity contribution in [3.05, 3.63) is 35.4 Å². The Bertz CT molecular complexity index is 782. The number of likely N-dealkylation sites (tertiary alicyclic amines) is 2. The summed E-state index contributed by atoms with van der Waals surface area (Å²) in [4.78, 5) is 29.2. The summed E-state index contributed by atoms with van der Waals surface area (Å²) in [7, 11) is 0. The van der Waals surface area contributed by atoms with Crippen LogP contribution >= 0.6 is 0 Å². The van der Waals surface area contributed by atoms with Crippen LogP contribution in [0, 0.1) is 5.41 Å². The lowest BCUT2D eigenvalue weighted by Crippen LogP contribution is -2.52. The summed E-state index contributed by atoms with van der Waals surface area (Å²) in [5.41, 5.74) is 8.08. The van der Waals surface area contributed by atoms with E-state index in [2.05, 4.69) is 29.2 Å². The second kappa shape index (κ2) is 9.70. The largest absolute Gasteiger partial charge is 0.381 e. The highest BCUT2D eigenvalue weighted by Crippen LogP contribution is 2.39. The second-order valence-electron chi connectivity index (χ2n) is 9.70. The van der Waals surface area contributed by atoms with Gasteiger partial charge in [0.1, 0.15) is 0 Å². The molecule has 31 heavy (non-hydrogen) atoms. The normalized spacial score (nSPS) is 25.3. The number of amides is 2. The maximum Gasteiger partial charge on any atom is 0.224 e. The quantitative estimate of drug-likeness (QED) is 0.784. The van der Waals surface area contributed by atoms with Crippen LogP contribution in [0.4, 0.5) is 0 Å². The molecule has 0 aromatic heterocycles. The maximum absolute atomic E-state index is 12.7.